The molecule has 18 heavy (non-hydrogen) atoms. The minimum absolute atomic E-state index is 0.398. The Balaban J connectivity index is 2.03. The summed E-state index contributed by atoms with van der Waals surface area (Å²) in [6.45, 7) is 0. The topological polar surface area (TPSA) is 69.9 Å². The molecular weight excluding hydrogens is 296 g/mol. The smallest absolute Gasteiger partial charge is 0.217 e. The summed E-state index contributed by atoms with van der Waals surface area (Å²) < 4.78 is 8.32. The van der Waals surface area contributed by atoms with Crippen LogP contribution in [0.15, 0.2) is 39.5 Å². The van der Waals surface area contributed by atoms with E-state index in [-0.39, 0.29) is 0 Å². The average Bonchev–Trinajstić information content (AvgIpc) is 2.93. The molecule has 1 aromatic carbocycles. The molecule has 0 aliphatic carbocycles. The second-order valence-corrected chi connectivity index (χ2v) is 5.00. The number of aryl methyl sites for hydroxylation is 1. The van der Waals surface area contributed by atoms with E-state index in [1.807, 2.05) is 31.4 Å². The fraction of sp³-hybridized carbons (Fsp3) is 0.167. The van der Waals surface area contributed by atoms with Gasteiger partial charge in [-0.25, -0.2) is 4.98 Å². The van der Waals surface area contributed by atoms with Crippen molar-refractivity contribution >= 4 is 27.0 Å². The normalized spacial score (nSPS) is 13.1. The van der Waals surface area contributed by atoms with Gasteiger partial charge in [0, 0.05) is 23.3 Å². The van der Waals surface area contributed by atoms with Gasteiger partial charge in [-0.05, 0) is 18.2 Å². The average molecular weight is 307 g/mol. The monoisotopic (exact) mass is 306 g/mol. The van der Waals surface area contributed by atoms with Gasteiger partial charge in [0.25, 0.3) is 0 Å². The van der Waals surface area contributed by atoms with Crippen molar-refractivity contribution in [3.63, 3.8) is 0 Å². The Morgan fingerprint density at radius 2 is 2.28 bits per heavy atom. The van der Waals surface area contributed by atoms with E-state index in [1.54, 1.807) is 10.9 Å². The van der Waals surface area contributed by atoms with Gasteiger partial charge < -0.3 is 10.2 Å². The van der Waals surface area contributed by atoms with Crippen LogP contribution in [0.3, 0.4) is 0 Å². The van der Waals surface area contributed by atoms with Crippen LogP contribution in [0.25, 0.3) is 11.1 Å². The molecule has 2 aromatic heterocycles. The molecule has 0 aliphatic heterocycles. The molecule has 2 N–H and O–H groups in total. The van der Waals surface area contributed by atoms with E-state index in [2.05, 4.69) is 26.0 Å². The van der Waals surface area contributed by atoms with Crippen LogP contribution < -0.4 is 5.73 Å². The number of aromatic nitrogens is 3. The number of benzene rings is 1. The molecule has 0 saturated heterocycles. The third-order valence-electron chi connectivity index (χ3n) is 2.72. The molecule has 0 aliphatic rings. The summed E-state index contributed by atoms with van der Waals surface area (Å²) in [6.07, 6.45) is 3.57. The van der Waals surface area contributed by atoms with Crippen LogP contribution in [0, 0.1) is 0 Å². The van der Waals surface area contributed by atoms with E-state index < -0.39 is 6.04 Å². The summed E-state index contributed by atoms with van der Waals surface area (Å²) in [7, 11) is 1.85. The van der Waals surface area contributed by atoms with E-state index in [0.717, 1.165) is 21.1 Å². The second kappa shape index (κ2) is 4.22. The van der Waals surface area contributed by atoms with Crippen LogP contribution in [0.1, 0.15) is 17.5 Å². The fourth-order valence-electron chi connectivity index (χ4n) is 1.79. The maximum absolute atomic E-state index is 6.11. The number of rotatable bonds is 2. The lowest BCUT2D eigenvalue weighted by Crippen LogP contribution is -2.11. The van der Waals surface area contributed by atoms with Crippen LogP contribution in [0.5, 0.6) is 0 Å². The quantitative estimate of drug-likeness (QED) is 0.789. The molecule has 0 amide bonds. The zero-order chi connectivity index (χ0) is 12.7. The van der Waals surface area contributed by atoms with Gasteiger partial charge in [-0.2, -0.15) is 5.10 Å². The van der Waals surface area contributed by atoms with Gasteiger partial charge >= 0.3 is 0 Å². The van der Waals surface area contributed by atoms with Gasteiger partial charge in [0.05, 0.1) is 6.20 Å². The van der Waals surface area contributed by atoms with Crippen molar-refractivity contribution in [2.75, 3.05) is 0 Å². The van der Waals surface area contributed by atoms with Crippen LogP contribution in [0.4, 0.5) is 0 Å². The summed E-state index contributed by atoms with van der Waals surface area (Å²) in [5.74, 6) is 0.496. The summed E-state index contributed by atoms with van der Waals surface area (Å²) in [5, 5.41) is 4.09. The van der Waals surface area contributed by atoms with E-state index in [9.17, 15) is 0 Å². The highest BCUT2D eigenvalue weighted by Gasteiger charge is 2.17. The lowest BCUT2D eigenvalue weighted by molar-refractivity contribution is 0.505. The summed E-state index contributed by atoms with van der Waals surface area (Å²) in [5.41, 5.74) is 8.51. The zero-order valence-corrected chi connectivity index (χ0v) is 11.3. The first-order chi connectivity index (χ1) is 8.63. The summed E-state index contributed by atoms with van der Waals surface area (Å²) in [4.78, 5) is 4.40. The largest absolute Gasteiger partial charge is 0.439 e. The predicted octanol–water partition coefficient (Wildman–Crippen LogP) is 2.37. The van der Waals surface area contributed by atoms with Crippen LogP contribution in [-0.4, -0.2) is 14.8 Å². The highest BCUT2D eigenvalue weighted by molar-refractivity contribution is 9.10. The highest BCUT2D eigenvalue weighted by Crippen LogP contribution is 2.25. The lowest BCUT2D eigenvalue weighted by Gasteiger charge is -2.02. The molecule has 6 heteroatoms. The number of nitrogens with two attached hydrogens (primary N) is 1. The first-order valence-electron chi connectivity index (χ1n) is 5.43. The van der Waals surface area contributed by atoms with Gasteiger partial charge in [0.15, 0.2) is 5.58 Å². The molecule has 0 fully saturated rings. The Morgan fingerprint density at radius 1 is 1.44 bits per heavy atom. The Bertz CT molecular complexity index is 703. The first kappa shape index (κ1) is 11.4. The molecule has 0 bridgehead atoms. The van der Waals surface area contributed by atoms with Gasteiger partial charge in [-0.3, -0.25) is 4.68 Å². The van der Waals surface area contributed by atoms with Crippen molar-refractivity contribution in [1.82, 2.24) is 14.8 Å². The first-order valence-corrected chi connectivity index (χ1v) is 6.23. The van der Waals surface area contributed by atoms with Gasteiger partial charge in [-0.1, -0.05) is 15.9 Å². The number of oxazole rings is 1. The molecule has 0 spiro atoms. The molecule has 92 valence electrons. The molecule has 0 radical (unpaired) electrons. The molecule has 3 aromatic rings. The van der Waals surface area contributed by atoms with Crippen molar-refractivity contribution in [1.29, 1.82) is 0 Å². The minimum atomic E-state index is -0.398. The van der Waals surface area contributed by atoms with Crippen molar-refractivity contribution < 1.29 is 4.42 Å². The molecule has 1 unspecified atom stereocenters. The Labute approximate surface area is 112 Å². The molecule has 0 saturated carbocycles. The van der Waals surface area contributed by atoms with Gasteiger partial charge in [0.2, 0.25) is 5.89 Å². The van der Waals surface area contributed by atoms with Crippen LogP contribution in [0.2, 0.25) is 0 Å². The van der Waals surface area contributed by atoms with E-state index >= 15 is 0 Å². The maximum atomic E-state index is 6.11. The Morgan fingerprint density at radius 3 is 3.00 bits per heavy atom. The zero-order valence-electron chi connectivity index (χ0n) is 9.67. The molecule has 2 heterocycles. The van der Waals surface area contributed by atoms with Gasteiger partial charge in [0.1, 0.15) is 11.6 Å². The molecule has 5 nitrogen and oxygen atoms in total. The van der Waals surface area contributed by atoms with E-state index in [0.29, 0.717) is 5.89 Å². The lowest BCUT2D eigenvalue weighted by atomic mass is 10.2. The Hall–Kier alpha value is -1.66. The fourth-order valence-corrected chi connectivity index (χ4v) is 2.14. The number of hydrogen-bond acceptors (Lipinski definition) is 4. The maximum Gasteiger partial charge on any atom is 0.217 e. The van der Waals surface area contributed by atoms with Crippen LogP contribution >= 0.6 is 15.9 Å². The number of fused-ring (bicyclic) bond motifs is 1. The number of nitrogens with zero attached hydrogens (tertiary/aromatic N) is 3. The SMILES string of the molecule is Cn1cc(C(N)c2nc3cc(Br)ccc3o2)cn1. The molecular formula is C12H11BrN4O. The van der Waals surface area contributed by atoms with Gasteiger partial charge in [-0.15, -0.1) is 0 Å². The van der Waals surface area contributed by atoms with Crippen molar-refractivity contribution in [2.24, 2.45) is 12.8 Å². The number of hydrogen-bond donors (Lipinski definition) is 1. The minimum Gasteiger partial charge on any atom is -0.439 e. The molecule has 1 atom stereocenters. The Kier molecular flexibility index (Phi) is 2.68. The summed E-state index contributed by atoms with van der Waals surface area (Å²) >= 11 is 3.40. The predicted molar refractivity (Wildman–Crippen MR) is 70.9 cm³/mol. The molecule has 3 rings (SSSR count). The van der Waals surface area contributed by atoms with Crippen molar-refractivity contribution in [3.05, 3.63) is 46.5 Å². The summed E-state index contributed by atoms with van der Waals surface area (Å²) in [6, 6.07) is 5.28. The van der Waals surface area contributed by atoms with Crippen molar-refractivity contribution in [3.8, 4) is 0 Å². The van der Waals surface area contributed by atoms with E-state index in [4.69, 9.17) is 10.2 Å². The van der Waals surface area contributed by atoms with Crippen molar-refractivity contribution in [2.45, 2.75) is 6.04 Å². The van der Waals surface area contributed by atoms with Crippen LogP contribution in [-0.2, 0) is 7.05 Å². The second-order valence-electron chi connectivity index (χ2n) is 4.09. The third-order valence-corrected chi connectivity index (χ3v) is 3.21. The third kappa shape index (κ3) is 1.93. The number of halogens is 1. The standard InChI is InChI=1S/C12H11BrN4O/c1-17-6-7(5-15-17)11(14)12-16-9-4-8(13)2-3-10(9)18-12/h2-6,11H,14H2,1H3. The van der Waals surface area contributed by atoms with E-state index in [1.165, 1.54) is 0 Å². The highest BCUT2D eigenvalue weighted by atomic mass is 79.9.